The molecule has 7 nitrogen and oxygen atoms in total. The fourth-order valence-electron chi connectivity index (χ4n) is 4.73. The van der Waals surface area contributed by atoms with Crippen molar-refractivity contribution in [3.8, 4) is 11.1 Å². The molecule has 2 aliphatic rings. The molecule has 4 unspecified atom stereocenters. The van der Waals surface area contributed by atoms with Crippen molar-refractivity contribution in [1.82, 2.24) is 10.6 Å². The maximum Gasteiger partial charge on any atom is 0.407 e. The molecule has 2 aromatic rings. The van der Waals surface area contributed by atoms with E-state index in [0.29, 0.717) is 19.4 Å². The third-order valence-electron chi connectivity index (χ3n) is 7.06. The smallest absolute Gasteiger partial charge is 0.407 e. The zero-order valence-corrected chi connectivity index (χ0v) is 19.6. The first-order chi connectivity index (χ1) is 16.4. The van der Waals surface area contributed by atoms with Gasteiger partial charge in [-0.2, -0.15) is 0 Å². The number of rotatable bonds is 10. The molecule has 180 valence electrons. The van der Waals surface area contributed by atoms with Crippen molar-refractivity contribution in [2.24, 2.45) is 17.8 Å². The Morgan fingerprint density at radius 3 is 2.26 bits per heavy atom. The molecule has 0 aromatic heterocycles. The van der Waals surface area contributed by atoms with E-state index in [1.807, 2.05) is 38.1 Å². The number of carboxylic acids is 1. The van der Waals surface area contributed by atoms with Crippen molar-refractivity contribution in [1.29, 1.82) is 0 Å². The van der Waals surface area contributed by atoms with Crippen molar-refractivity contribution in [3.63, 3.8) is 0 Å². The Kier molecular flexibility index (Phi) is 7.20. The highest BCUT2D eigenvalue weighted by molar-refractivity contribution is 5.86. The van der Waals surface area contributed by atoms with E-state index < -0.39 is 18.1 Å². The molecule has 4 atom stereocenters. The average Bonchev–Trinajstić information content (AvgIpc) is 3.56. The molecule has 1 fully saturated rings. The Hall–Kier alpha value is -3.35. The number of hydrogen-bond donors (Lipinski definition) is 3. The summed E-state index contributed by atoms with van der Waals surface area (Å²) < 4.78 is 5.54. The number of fused-ring (bicyclic) bond motifs is 3. The topological polar surface area (TPSA) is 105 Å². The first-order valence-electron chi connectivity index (χ1n) is 12.0. The van der Waals surface area contributed by atoms with Crippen LogP contribution in [0.5, 0.6) is 0 Å². The normalized spacial score (nSPS) is 19.9. The van der Waals surface area contributed by atoms with Gasteiger partial charge in [0, 0.05) is 18.4 Å². The Labute approximate surface area is 199 Å². The Bertz CT molecular complexity index is 1020. The molecule has 2 aliphatic carbocycles. The summed E-state index contributed by atoms with van der Waals surface area (Å²) in [4.78, 5) is 36.3. The van der Waals surface area contributed by atoms with Crippen LogP contribution in [0, 0.1) is 17.8 Å². The molecule has 0 aliphatic heterocycles. The van der Waals surface area contributed by atoms with Crippen molar-refractivity contribution in [3.05, 3.63) is 59.7 Å². The highest BCUT2D eigenvalue weighted by atomic mass is 16.5. The van der Waals surface area contributed by atoms with E-state index in [9.17, 15) is 19.5 Å². The van der Waals surface area contributed by atoms with Gasteiger partial charge in [0.1, 0.15) is 12.6 Å². The summed E-state index contributed by atoms with van der Waals surface area (Å²) in [5.74, 6) is -1.33. The molecule has 0 bridgehead atoms. The van der Waals surface area contributed by atoms with E-state index in [2.05, 4.69) is 34.9 Å². The summed E-state index contributed by atoms with van der Waals surface area (Å²) in [6, 6.07) is 15.4. The fourth-order valence-corrected chi connectivity index (χ4v) is 4.73. The van der Waals surface area contributed by atoms with Gasteiger partial charge in [0.05, 0.1) is 0 Å². The number of carboxylic acid groups (broad SMARTS) is 1. The Balaban J connectivity index is 1.24. The van der Waals surface area contributed by atoms with Gasteiger partial charge < -0.3 is 20.5 Å². The van der Waals surface area contributed by atoms with Crippen LogP contribution < -0.4 is 10.6 Å². The van der Waals surface area contributed by atoms with Gasteiger partial charge in [-0.1, -0.05) is 68.8 Å². The van der Waals surface area contributed by atoms with Gasteiger partial charge in [-0.3, -0.25) is 4.79 Å². The lowest BCUT2D eigenvalue weighted by molar-refractivity contribution is -0.142. The minimum Gasteiger partial charge on any atom is -0.480 e. The highest BCUT2D eigenvalue weighted by Crippen LogP contribution is 2.44. The molecule has 3 N–H and O–H groups in total. The number of nitrogens with one attached hydrogen (secondary N) is 2. The molecule has 4 rings (SSSR count). The predicted octanol–water partition coefficient (Wildman–Crippen LogP) is 4.17. The van der Waals surface area contributed by atoms with Gasteiger partial charge in [-0.25, -0.2) is 9.59 Å². The zero-order valence-electron chi connectivity index (χ0n) is 19.6. The Morgan fingerprint density at radius 1 is 1.06 bits per heavy atom. The van der Waals surface area contributed by atoms with Crippen LogP contribution in [0.25, 0.3) is 11.1 Å². The van der Waals surface area contributed by atoms with Crippen LogP contribution in [0.1, 0.15) is 50.2 Å². The van der Waals surface area contributed by atoms with Gasteiger partial charge in [-0.05, 0) is 46.9 Å². The first-order valence-corrected chi connectivity index (χ1v) is 12.0. The molecule has 0 spiro atoms. The summed E-state index contributed by atoms with van der Waals surface area (Å²) in [5.41, 5.74) is 4.65. The van der Waals surface area contributed by atoms with Crippen LogP contribution in [0.3, 0.4) is 0 Å². The highest BCUT2D eigenvalue weighted by Gasteiger charge is 2.44. The molecule has 0 heterocycles. The van der Waals surface area contributed by atoms with Crippen molar-refractivity contribution in [2.75, 3.05) is 13.2 Å². The average molecular weight is 465 g/mol. The van der Waals surface area contributed by atoms with Crippen molar-refractivity contribution in [2.45, 2.75) is 45.1 Å². The third-order valence-corrected chi connectivity index (χ3v) is 7.06. The minimum atomic E-state index is -1.01. The van der Waals surface area contributed by atoms with E-state index in [4.69, 9.17) is 4.74 Å². The number of carbonyl (C=O) groups is 3. The number of benzene rings is 2. The maximum absolute atomic E-state index is 12.5. The Morgan fingerprint density at radius 2 is 1.68 bits per heavy atom. The second-order valence-corrected chi connectivity index (χ2v) is 9.46. The predicted molar refractivity (Wildman–Crippen MR) is 128 cm³/mol. The van der Waals surface area contributed by atoms with Gasteiger partial charge in [0.15, 0.2) is 0 Å². The number of alkyl carbamates (subject to hydrolysis) is 1. The fraction of sp³-hybridized carbons (Fsp3) is 0.444. The van der Waals surface area contributed by atoms with Gasteiger partial charge in [-0.15, -0.1) is 0 Å². The molecule has 34 heavy (non-hydrogen) atoms. The quantitative estimate of drug-likeness (QED) is 0.490. The standard InChI is InChI=1S/C27H32N2O5/c1-3-16(2)12-24(26(31)32)29-25(30)22-13-17(22)14-28-27(33)34-15-23-20-10-6-4-8-18(20)19-9-5-7-11-21(19)23/h4-11,16-17,22-24H,3,12-15H2,1-2H3,(H,28,33)(H,29,30)(H,31,32). The van der Waals surface area contributed by atoms with E-state index in [0.717, 1.165) is 17.5 Å². The third kappa shape index (κ3) is 5.24. The molecule has 2 amide bonds. The zero-order chi connectivity index (χ0) is 24.2. The van der Waals surface area contributed by atoms with Crippen molar-refractivity contribution >= 4 is 18.0 Å². The molecule has 2 aromatic carbocycles. The molecular formula is C27H32N2O5. The summed E-state index contributed by atoms with van der Waals surface area (Å²) >= 11 is 0. The minimum absolute atomic E-state index is 0.00136. The van der Waals surface area contributed by atoms with E-state index in [1.54, 1.807) is 0 Å². The molecule has 0 radical (unpaired) electrons. The van der Waals surface area contributed by atoms with Gasteiger partial charge in [0.25, 0.3) is 0 Å². The first kappa shape index (κ1) is 23.8. The number of amides is 2. The second kappa shape index (κ2) is 10.3. The van der Waals surface area contributed by atoms with Crippen LogP contribution >= 0.6 is 0 Å². The summed E-state index contributed by atoms with van der Waals surface area (Å²) in [6.07, 6.45) is 1.39. The van der Waals surface area contributed by atoms with Crippen LogP contribution in [-0.2, 0) is 14.3 Å². The maximum atomic E-state index is 12.5. The summed E-state index contributed by atoms with van der Waals surface area (Å²) in [7, 11) is 0. The monoisotopic (exact) mass is 464 g/mol. The lowest BCUT2D eigenvalue weighted by Gasteiger charge is -2.18. The van der Waals surface area contributed by atoms with Gasteiger partial charge >= 0.3 is 12.1 Å². The van der Waals surface area contributed by atoms with Crippen molar-refractivity contribution < 1.29 is 24.2 Å². The van der Waals surface area contributed by atoms with E-state index in [-0.39, 0.29) is 36.2 Å². The lowest BCUT2D eigenvalue weighted by atomic mass is 9.98. The largest absolute Gasteiger partial charge is 0.480 e. The SMILES string of the molecule is CCC(C)CC(NC(=O)C1CC1CNC(=O)OCC1c2ccccc2-c2ccccc21)C(=O)O. The number of carbonyl (C=O) groups excluding carboxylic acids is 2. The second-order valence-electron chi connectivity index (χ2n) is 9.46. The van der Waals surface area contributed by atoms with Gasteiger partial charge in [0.2, 0.25) is 5.91 Å². The molecule has 0 saturated heterocycles. The molecular weight excluding hydrogens is 432 g/mol. The number of hydrogen-bond acceptors (Lipinski definition) is 4. The molecule has 7 heteroatoms. The van der Waals surface area contributed by atoms with Crippen LogP contribution in [-0.4, -0.2) is 42.3 Å². The van der Waals surface area contributed by atoms with Crippen LogP contribution in [0.2, 0.25) is 0 Å². The summed E-state index contributed by atoms with van der Waals surface area (Å²) in [6.45, 7) is 4.54. The van der Waals surface area contributed by atoms with E-state index >= 15 is 0 Å². The summed E-state index contributed by atoms with van der Waals surface area (Å²) in [5, 5.41) is 14.8. The number of aliphatic carboxylic acids is 1. The molecule has 1 saturated carbocycles. The van der Waals surface area contributed by atoms with E-state index in [1.165, 1.54) is 11.1 Å². The number of ether oxygens (including phenoxy) is 1. The van der Waals surface area contributed by atoms with Crippen LogP contribution in [0.15, 0.2) is 48.5 Å². The lowest BCUT2D eigenvalue weighted by Crippen LogP contribution is -2.43. The van der Waals surface area contributed by atoms with Crippen LogP contribution in [0.4, 0.5) is 4.79 Å².